The topological polar surface area (TPSA) is 52.7 Å². The van der Waals surface area contributed by atoms with Crippen molar-refractivity contribution in [1.82, 2.24) is 0 Å². The Morgan fingerprint density at radius 2 is 1.64 bits per heavy atom. The summed E-state index contributed by atoms with van der Waals surface area (Å²) in [6.07, 6.45) is 3.98. The number of carbonyl (C=O) groups excluding carboxylic acids is 2. The van der Waals surface area contributed by atoms with Crippen molar-refractivity contribution in [3.63, 3.8) is 0 Å². The van der Waals surface area contributed by atoms with Gasteiger partial charge in [-0.25, -0.2) is 4.90 Å². The summed E-state index contributed by atoms with van der Waals surface area (Å²) in [6.45, 7) is 6.15. The second-order valence-electron chi connectivity index (χ2n) is 7.78. The van der Waals surface area contributed by atoms with E-state index in [-0.39, 0.29) is 18.2 Å². The van der Waals surface area contributed by atoms with Crippen molar-refractivity contribution in [2.75, 3.05) is 28.2 Å². The van der Waals surface area contributed by atoms with E-state index >= 15 is 0 Å². The van der Waals surface area contributed by atoms with Crippen LogP contribution >= 0.6 is 0 Å². The molecule has 0 aromatic heterocycles. The lowest BCUT2D eigenvalue weighted by Gasteiger charge is -2.29. The number of piperidine rings is 1. The number of aryl methyl sites for hydroxylation is 1. The lowest BCUT2D eigenvalue weighted by atomic mass is 10.1. The molecule has 2 aliphatic heterocycles. The van der Waals surface area contributed by atoms with Crippen LogP contribution in [0, 0.1) is 13.8 Å². The molecule has 2 amide bonds. The van der Waals surface area contributed by atoms with Gasteiger partial charge in [0.2, 0.25) is 5.91 Å². The first-order valence-corrected chi connectivity index (χ1v) is 10.1. The molecule has 2 aromatic carbocycles. The predicted octanol–water partition coefficient (Wildman–Crippen LogP) is 4.04. The third kappa shape index (κ3) is 3.49. The first kappa shape index (κ1) is 18.5. The van der Waals surface area contributed by atoms with Crippen LogP contribution in [-0.4, -0.2) is 30.9 Å². The van der Waals surface area contributed by atoms with Crippen molar-refractivity contribution >= 4 is 28.9 Å². The first-order valence-electron chi connectivity index (χ1n) is 10.1. The van der Waals surface area contributed by atoms with Crippen LogP contribution in [-0.2, 0) is 9.59 Å². The maximum Gasteiger partial charge on any atom is 0.256 e. The van der Waals surface area contributed by atoms with E-state index in [1.54, 1.807) is 0 Å². The molecule has 5 nitrogen and oxygen atoms in total. The van der Waals surface area contributed by atoms with Gasteiger partial charge in [0.25, 0.3) is 5.91 Å². The van der Waals surface area contributed by atoms with Crippen LogP contribution in [0.1, 0.15) is 36.8 Å². The Kier molecular flexibility index (Phi) is 5.07. The van der Waals surface area contributed by atoms with Crippen molar-refractivity contribution < 1.29 is 9.59 Å². The SMILES string of the molecule is Cc1cccc(N2C(=O)C[C@H](Nc3ccc(N4CCCCC4)cc3)C2=O)c1C. The third-order valence-corrected chi connectivity index (χ3v) is 5.89. The number of amides is 2. The number of hydrogen-bond acceptors (Lipinski definition) is 4. The summed E-state index contributed by atoms with van der Waals surface area (Å²) in [7, 11) is 0. The van der Waals surface area contributed by atoms with Crippen LogP contribution in [0.15, 0.2) is 42.5 Å². The highest BCUT2D eigenvalue weighted by Crippen LogP contribution is 2.29. The molecule has 0 bridgehead atoms. The van der Waals surface area contributed by atoms with Crippen LogP contribution in [0.4, 0.5) is 17.1 Å². The Balaban J connectivity index is 1.47. The van der Waals surface area contributed by atoms with E-state index < -0.39 is 6.04 Å². The van der Waals surface area contributed by atoms with E-state index in [0.29, 0.717) is 5.69 Å². The number of imide groups is 1. The Morgan fingerprint density at radius 1 is 0.929 bits per heavy atom. The molecule has 0 spiro atoms. The number of anilines is 3. The number of hydrogen-bond donors (Lipinski definition) is 1. The molecule has 2 aromatic rings. The molecule has 1 N–H and O–H groups in total. The number of carbonyl (C=O) groups is 2. The molecule has 4 rings (SSSR count). The van der Waals surface area contributed by atoms with Gasteiger partial charge in [-0.2, -0.15) is 0 Å². The fourth-order valence-corrected chi connectivity index (χ4v) is 4.10. The Morgan fingerprint density at radius 3 is 2.36 bits per heavy atom. The third-order valence-electron chi connectivity index (χ3n) is 5.89. The molecule has 0 aliphatic carbocycles. The van der Waals surface area contributed by atoms with Gasteiger partial charge in [-0.3, -0.25) is 9.59 Å². The van der Waals surface area contributed by atoms with Crippen LogP contribution < -0.4 is 15.1 Å². The second kappa shape index (κ2) is 7.66. The quantitative estimate of drug-likeness (QED) is 0.817. The second-order valence-corrected chi connectivity index (χ2v) is 7.78. The molecule has 146 valence electrons. The van der Waals surface area contributed by atoms with E-state index in [4.69, 9.17) is 0 Å². The molecule has 2 fully saturated rings. The molecule has 0 radical (unpaired) electrons. The molecule has 2 saturated heterocycles. The zero-order valence-electron chi connectivity index (χ0n) is 16.6. The molecular formula is C23H27N3O2. The number of nitrogens with zero attached hydrogens (tertiary/aromatic N) is 2. The number of nitrogens with one attached hydrogen (secondary N) is 1. The minimum Gasteiger partial charge on any atom is -0.373 e. The molecule has 2 aliphatic rings. The number of benzene rings is 2. The van der Waals surface area contributed by atoms with Gasteiger partial charge in [0, 0.05) is 24.5 Å². The van der Waals surface area contributed by atoms with Crippen molar-refractivity contribution in [3.8, 4) is 0 Å². The fourth-order valence-electron chi connectivity index (χ4n) is 4.10. The highest BCUT2D eigenvalue weighted by Gasteiger charge is 2.40. The van der Waals surface area contributed by atoms with Crippen molar-refractivity contribution in [3.05, 3.63) is 53.6 Å². The average molecular weight is 377 g/mol. The molecule has 1 atom stereocenters. The molecule has 2 heterocycles. The van der Waals surface area contributed by atoms with E-state index in [1.165, 1.54) is 29.8 Å². The zero-order valence-corrected chi connectivity index (χ0v) is 16.6. The summed E-state index contributed by atoms with van der Waals surface area (Å²) in [5, 5.41) is 3.25. The minimum atomic E-state index is -0.520. The minimum absolute atomic E-state index is 0.152. The van der Waals surface area contributed by atoms with Crippen LogP contribution in [0.3, 0.4) is 0 Å². The van der Waals surface area contributed by atoms with Crippen molar-refractivity contribution in [2.45, 2.75) is 45.6 Å². The maximum atomic E-state index is 12.9. The predicted molar refractivity (Wildman–Crippen MR) is 113 cm³/mol. The largest absolute Gasteiger partial charge is 0.373 e. The van der Waals surface area contributed by atoms with Crippen LogP contribution in [0.25, 0.3) is 0 Å². The van der Waals surface area contributed by atoms with Crippen molar-refractivity contribution in [1.29, 1.82) is 0 Å². The van der Waals surface area contributed by atoms with Gasteiger partial charge in [0.15, 0.2) is 0 Å². The summed E-state index contributed by atoms with van der Waals surface area (Å²) in [4.78, 5) is 29.2. The molecular weight excluding hydrogens is 350 g/mol. The van der Waals surface area contributed by atoms with Crippen LogP contribution in [0.5, 0.6) is 0 Å². The van der Waals surface area contributed by atoms with Gasteiger partial charge < -0.3 is 10.2 Å². The maximum absolute atomic E-state index is 12.9. The molecule has 0 unspecified atom stereocenters. The monoisotopic (exact) mass is 377 g/mol. The van der Waals surface area contributed by atoms with Gasteiger partial charge >= 0.3 is 0 Å². The van der Waals surface area contributed by atoms with Gasteiger partial charge in [-0.15, -0.1) is 0 Å². The summed E-state index contributed by atoms with van der Waals surface area (Å²) >= 11 is 0. The normalized spacial score (nSPS) is 20.0. The van der Waals surface area contributed by atoms with E-state index in [0.717, 1.165) is 29.9 Å². The highest BCUT2D eigenvalue weighted by molar-refractivity contribution is 6.23. The average Bonchev–Trinajstić information content (AvgIpc) is 2.98. The Bertz CT molecular complexity index is 885. The van der Waals surface area contributed by atoms with Crippen molar-refractivity contribution in [2.24, 2.45) is 0 Å². The van der Waals surface area contributed by atoms with Gasteiger partial charge in [-0.1, -0.05) is 12.1 Å². The first-order chi connectivity index (χ1) is 13.5. The number of rotatable bonds is 4. The summed E-state index contributed by atoms with van der Waals surface area (Å²) in [5.41, 5.74) is 4.82. The molecule has 28 heavy (non-hydrogen) atoms. The summed E-state index contributed by atoms with van der Waals surface area (Å²) < 4.78 is 0. The zero-order chi connectivity index (χ0) is 19.7. The summed E-state index contributed by atoms with van der Waals surface area (Å²) in [5.74, 6) is -0.333. The lowest BCUT2D eigenvalue weighted by molar-refractivity contribution is -0.121. The Hall–Kier alpha value is -2.82. The van der Waals surface area contributed by atoms with E-state index in [1.807, 2.05) is 44.2 Å². The fraction of sp³-hybridized carbons (Fsp3) is 0.391. The smallest absolute Gasteiger partial charge is 0.256 e. The van der Waals surface area contributed by atoms with E-state index in [2.05, 4.69) is 22.3 Å². The van der Waals surface area contributed by atoms with Gasteiger partial charge in [0.05, 0.1) is 12.1 Å². The molecule has 5 heteroatoms. The highest BCUT2D eigenvalue weighted by atomic mass is 16.2. The van der Waals surface area contributed by atoms with Crippen LogP contribution in [0.2, 0.25) is 0 Å². The van der Waals surface area contributed by atoms with E-state index in [9.17, 15) is 9.59 Å². The van der Waals surface area contributed by atoms with Gasteiger partial charge in [-0.05, 0) is 74.6 Å². The molecule has 0 saturated carbocycles. The van der Waals surface area contributed by atoms with Gasteiger partial charge in [0.1, 0.15) is 6.04 Å². The lowest BCUT2D eigenvalue weighted by Crippen LogP contribution is -2.35. The summed E-state index contributed by atoms with van der Waals surface area (Å²) in [6, 6.07) is 13.4. The Labute approximate surface area is 166 Å². The standard InChI is InChI=1S/C23H27N3O2/c1-16-7-6-8-21(17(16)2)26-22(27)15-20(23(26)28)24-18-9-11-19(12-10-18)25-13-4-3-5-14-25/h6-12,20,24H,3-5,13-15H2,1-2H3/t20-/m0/s1.